The third-order valence-electron chi connectivity index (χ3n) is 4.85. The summed E-state index contributed by atoms with van der Waals surface area (Å²) in [4.78, 5) is 0. The minimum atomic E-state index is -0.764. The van der Waals surface area contributed by atoms with Crippen molar-refractivity contribution in [1.29, 1.82) is 0 Å². The smallest absolute Gasteiger partial charge is 0.178 e. The standard InChI is InChI=1S/C30H36O3/c1-3-27(31)21-17-13-9-5-7-11-15-19-23-29-25-26-30(33-29)24-20-16-12-8-6-10-14-18-22-28(32)4-2/h1-2,17-18,21-22,25-28,31-32H,5-16H2. The van der Waals surface area contributed by atoms with E-state index in [-0.39, 0.29) is 0 Å². The van der Waals surface area contributed by atoms with Gasteiger partial charge in [-0.2, -0.15) is 0 Å². The van der Waals surface area contributed by atoms with Crippen LogP contribution in [0.15, 0.2) is 40.9 Å². The molecule has 0 saturated heterocycles. The Morgan fingerprint density at radius 3 is 1.55 bits per heavy atom. The molecule has 0 bridgehead atoms. The van der Waals surface area contributed by atoms with Crippen LogP contribution in [0.2, 0.25) is 0 Å². The van der Waals surface area contributed by atoms with Crippen molar-refractivity contribution in [2.24, 2.45) is 0 Å². The predicted molar refractivity (Wildman–Crippen MR) is 136 cm³/mol. The maximum atomic E-state index is 9.21. The minimum absolute atomic E-state index is 0.666. The molecule has 0 aliphatic carbocycles. The van der Waals surface area contributed by atoms with Crippen LogP contribution in [-0.2, 0) is 0 Å². The van der Waals surface area contributed by atoms with Crippen LogP contribution >= 0.6 is 0 Å². The van der Waals surface area contributed by atoms with Crippen molar-refractivity contribution in [3.63, 3.8) is 0 Å². The monoisotopic (exact) mass is 444 g/mol. The van der Waals surface area contributed by atoms with Gasteiger partial charge in [-0.3, -0.25) is 0 Å². The fourth-order valence-corrected chi connectivity index (χ4v) is 2.99. The van der Waals surface area contributed by atoms with Gasteiger partial charge in [-0.15, -0.1) is 12.8 Å². The lowest BCUT2D eigenvalue weighted by Gasteiger charge is -1.97. The van der Waals surface area contributed by atoms with E-state index in [1.165, 1.54) is 0 Å². The van der Waals surface area contributed by atoms with Crippen molar-refractivity contribution in [2.75, 3.05) is 0 Å². The van der Waals surface area contributed by atoms with Crippen LogP contribution in [-0.4, -0.2) is 22.4 Å². The average molecular weight is 445 g/mol. The molecule has 1 aromatic rings. The Kier molecular flexibility index (Phi) is 16.6. The molecular formula is C30H36O3. The molecular weight excluding hydrogens is 408 g/mol. The van der Waals surface area contributed by atoms with E-state index in [4.69, 9.17) is 17.3 Å². The summed E-state index contributed by atoms with van der Waals surface area (Å²) in [6, 6.07) is 3.75. The first-order valence-corrected chi connectivity index (χ1v) is 11.8. The van der Waals surface area contributed by atoms with Crippen molar-refractivity contribution >= 4 is 0 Å². The van der Waals surface area contributed by atoms with Gasteiger partial charge in [-0.1, -0.05) is 61.5 Å². The number of rotatable bonds is 14. The molecule has 1 heterocycles. The van der Waals surface area contributed by atoms with Crippen molar-refractivity contribution in [3.05, 3.63) is 48.0 Å². The third kappa shape index (κ3) is 16.2. The fourth-order valence-electron chi connectivity index (χ4n) is 2.99. The van der Waals surface area contributed by atoms with Gasteiger partial charge in [0.25, 0.3) is 0 Å². The average Bonchev–Trinajstić information content (AvgIpc) is 3.28. The predicted octanol–water partition coefficient (Wildman–Crippen LogP) is 5.76. The third-order valence-corrected chi connectivity index (χ3v) is 4.85. The lowest BCUT2D eigenvalue weighted by Crippen LogP contribution is -1.95. The van der Waals surface area contributed by atoms with Crippen LogP contribution in [0.4, 0.5) is 0 Å². The summed E-state index contributed by atoms with van der Waals surface area (Å²) in [7, 11) is 0. The number of aliphatic hydroxyl groups is 2. The Morgan fingerprint density at radius 2 is 1.12 bits per heavy atom. The Labute approximate surface area is 200 Å². The van der Waals surface area contributed by atoms with E-state index in [0.29, 0.717) is 11.5 Å². The van der Waals surface area contributed by atoms with Gasteiger partial charge in [0.15, 0.2) is 11.5 Å². The largest absolute Gasteiger partial charge is 0.439 e. The summed E-state index contributed by atoms with van der Waals surface area (Å²) in [6.45, 7) is 0. The maximum absolute atomic E-state index is 9.21. The SMILES string of the molecule is C#CC(O)C=CCCCCCCC#Cc1ccc(C#CCCCCCCC=CC(O)C#C)o1. The zero-order valence-electron chi connectivity index (χ0n) is 19.6. The molecule has 2 N–H and O–H groups in total. The van der Waals surface area contributed by atoms with Crippen molar-refractivity contribution in [3.8, 4) is 48.4 Å². The number of hydrogen-bond acceptors (Lipinski definition) is 3. The second kappa shape index (κ2) is 19.6. The van der Waals surface area contributed by atoms with Gasteiger partial charge in [-0.05, 0) is 74.7 Å². The lowest BCUT2D eigenvalue weighted by molar-refractivity contribution is 0.280. The first-order chi connectivity index (χ1) is 16.2. The molecule has 2 atom stereocenters. The zero-order chi connectivity index (χ0) is 24.0. The topological polar surface area (TPSA) is 53.6 Å². The quantitative estimate of drug-likeness (QED) is 0.218. The van der Waals surface area contributed by atoms with E-state index >= 15 is 0 Å². The van der Waals surface area contributed by atoms with Crippen molar-refractivity contribution in [1.82, 2.24) is 0 Å². The van der Waals surface area contributed by atoms with Crippen LogP contribution in [0, 0.1) is 48.4 Å². The highest BCUT2D eigenvalue weighted by Crippen LogP contribution is 2.09. The number of furan rings is 1. The van der Waals surface area contributed by atoms with E-state index in [2.05, 4.69) is 35.5 Å². The molecule has 1 rings (SSSR count). The first kappa shape index (κ1) is 28.0. The molecule has 0 saturated carbocycles. The summed E-state index contributed by atoms with van der Waals surface area (Å²) in [5.74, 6) is 18.3. The minimum Gasteiger partial charge on any atom is -0.439 e. The van der Waals surface area contributed by atoms with Crippen molar-refractivity contribution < 1.29 is 14.6 Å². The van der Waals surface area contributed by atoms with Gasteiger partial charge in [0, 0.05) is 12.8 Å². The number of hydrogen-bond donors (Lipinski definition) is 2. The van der Waals surface area contributed by atoms with Gasteiger partial charge in [-0.25, -0.2) is 0 Å². The molecule has 3 heteroatoms. The van der Waals surface area contributed by atoms with Crippen LogP contribution in [0.1, 0.15) is 88.6 Å². The number of terminal acetylenes is 2. The van der Waals surface area contributed by atoms with Crippen LogP contribution in [0.5, 0.6) is 0 Å². The Morgan fingerprint density at radius 1 is 0.697 bits per heavy atom. The summed E-state index contributed by atoms with van der Waals surface area (Å²) in [5, 5.41) is 18.4. The van der Waals surface area contributed by atoms with E-state index in [0.717, 1.165) is 77.0 Å². The molecule has 0 aliphatic heterocycles. The molecule has 3 nitrogen and oxygen atoms in total. The lowest BCUT2D eigenvalue weighted by atomic mass is 10.1. The van der Waals surface area contributed by atoms with Gasteiger partial charge in [0.05, 0.1) is 0 Å². The van der Waals surface area contributed by atoms with Gasteiger partial charge in [0.1, 0.15) is 12.2 Å². The number of aliphatic hydroxyl groups excluding tert-OH is 2. The first-order valence-electron chi connectivity index (χ1n) is 11.8. The normalized spacial score (nSPS) is 12.4. The highest BCUT2D eigenvalue weighted by atomic mass is 16.3. The van der Waals surface area contributed by atoms with E-state index in [9.17, 15) is 10.2 Å². The molecule has 2 unspecified atom stereocenters. The highest BCUT2D eigenvalue weighted by molar-refractivity contribution is 5.32. The molecule has 0 fully saturated rings. The fraction of sp³-hybridized carbons (Fsp3) is 0.467. The summed E-state index contributed by atoms with van der Waals surface area (Å²) < 4.78 is 5.65. The molecule has 33 heavy (non-hydrogen) atoms. The number of unbranched alkanes of at least 4 members (excludes halogenated alkanes) is 10. The molecule has 0 aromatic carbocycles. The molecule has 0 amide bonds. The summed E-state index contributed by atoms with van der Waals surface area (Å²) in [6.07, 6.45) is 28.4. The Hall–Kier alpha value is -3.08. The maximum Gasteiger partial charge on any atom is 0.178 e. The zero-order valence-corrected chi connectivity index (χ0v) is 19.6. The van der Waals surface area contributed by atoms with Crippen LogP contribution < -0.4 is 0 Å². The second-order valence-corrected chi connectivity index (χ2v) is 7.75. The van der Waals surface area contributed by atoms with E-state index in [1.54, 1.807) is 12.2 Å². The molecule has 0 spiro atoms. The Balaban J connectivity index is 2.09. The molecule has 1 aromatic heterocycles. The molecule has 0 radical (unpaired) electrons. The second-order valence-electron chi connectivity index (χ2n) is 7.75. The summed E-state index contributed by atoms with van der Waals surface area (Å²) in [5.41, 5.74) is 0. The van der Waals surface area contributed by atoms with E-state index < -0.39 is 12.2 Å². The van der Waals surface area contributed by atoms with Gasteiger partial charge >= 0.3 is 0 Å². The van der Waals surface area contributed by atoms with Crippen LogP contribution in [0.25, 0.3) is 0 Å². The number of allylic oxidation sites excluding steroid dienone is 2. The van der Waals surface area contributed by atoms with Crippen molar-refractivity contribution in [2.45, 2.75) is 89.3 Å². The molecule has 0 aliphatic rings. The van der Waals surface area contributed by atoms with Gasteiger partial charge < -0.3 is 14.6 Å². The van der Waals surface area contributed by atoms with E-state index in [1.807, 2.05) is 24.3 Å². The summed E-state index contributed by atoms with van der Waals surface area (Å²) >= 11 is 0. The molecule has 174 valence electrons. The highest BCUT2D eigenvalue weighted by Gasteiger charge is 1.96. The van der Waals surface area contributed by atoms with Crippen LogP contribution in [0.3, 0.4) is 0 Å². The Bertz CT molecular complexity index is 837. The van der Waals surface area contributed by atoms with Gasteiger partial charge in [0.2, 0.25) is 0 Å².